The van der Waals surface area contributed by atoms with Crippen LogP contribution in [-0.2, 0) is 22.4 Å². The molecule has 0 aromatic heterocycles. The first-order valence-electron chi connectivity index (χ1n) is 11.2. The lowest BCUT2D eigenvalue weighted by molar-refractivity contribution is -0.139. The van der Waals surface area contributed by atoms with Crippen LogP contribution in [0.5, 0.6) is 0 Å². The molecule has 164 valence electrons. The number of rotatable bonds is 6. The summed E-state index contributed by atoms with van der Waals surface area (Å²) in [5.41, 5.74) is 3.83. The zero-order valence-electron chi connectivity index (χ0n) is 18.8. The first-order chi connectivity index (χ1) is 15.5. The van der Waals surface area contributed by atoms with Gasteiger partial charge in [0, 0.05) is 27.2 Å². The summed E-state index contributed by atoms with van der Waals surface area (Å²) in [5.74, 6) is 0.177. The number of carbonyl (C=O) groups excluding carboxylic acids is 2. The standard InChI is InChI=1S/C28H30N2O2/c1-29(2)27(32)28(17-18-30(21-28)26(31)19-22-11-5-3-6-12-22)20-24-15-9-10-16-25(24)23-13-7-4-8-14-23/h3-16H,17-21H2,1-2H3. The molecule has 0 spiro atoms. The third-order valence-corrected chi connectivity index (χ3v) is 6.40. The minimum atomic E-state index is -0.610. The molecular weight excluding hydrogens is 396 g/mol. The van der Waals surface area contributed by atoms with E-state index in [1.165, 1.54) is 0 Å². The third kappa shape index (κ3) is 4.59. The molecule has 1 atom stereocenters. The van der Waals surface area contributed by atoms with Crippen molar-refractivity contribution in [2.45, 2.75) is 19.3 Å². The Bertz CT molecular complexity index is 1080. The maximum absolute atomic E-state index is 13.4. The summed E-state index contributed by atoms with van der Waals surface area (Å²) in [5, 5.41) is 0. The van der Waals surface area contributed by atoms with Gasteiger partial charge in [-0.1, -0.05) is 84.9 Å². The van der Waals surface area contributed by atoms with Crippen LogP contribution in [0, 0.1) is 5.41 Å². The van der Waals surface area contributed by atoms with Gasteiger partial charge in [-0.25, -0.2) is 0 Å². The van der Waals surface area contributed by atoms with Crippen LogP contribution in [0.2, 0.25) is 0 Å². The first kappa shape index (κ1) is 21.8. The second-order valence-electron chi connectivity index (χ2n) is 8.91. The molecule has 4 rings (SSSR count). The zero-order chi connectivity index (χ0) is 22.6. The Hall–Kier alpha value is -3.40. The average Bonchev–Trinajstić information content (AvgIpc) is 3.25. The van der Waals surface area contributed by atoms with Crippen molar-refractivity contribution in [3.63, 3.8) is 0 Å². The van der Waals surface area contributed by atoms with E-state index in [1.807, 2.05) is 79.7 Å². The van der Waals surface area contributed by atoms with E-state index in [4.69, 9.17) is 0 Å². The van der Waals surface area contributed by atoms with Crippen LogP contribution in [0.4, 0.5) is 0 Å². The summed E-state index contributed by atoms with van der Waals surface area (Å²) in [6.45, 7) is 1.07. The highest BCUT2D eigenvalue weighted by Crippen LogP contribution is 2.38. The second kappa shape index (κ2) is 9.39. The summed E-state index contributed by atoms with van der Waals surface area (Å²) < 4.78 is 0. The highest BCUT2D eigenvalue weighted by atomic mass is 16.2. The Morgan fingerprint density at radius 3 is 2.19 bits per heavy atom. The maximum Gasteiger partial charge on any atom is 0.230 e. The van der Waals surface area contributed by atoms with E-state index in [1.54, 1.807) is 4.90 Å². The van der Waals surface area contributed by atoms with Gasteiger partial charge in [0.1, 0.15) is 0 Å². The predicted octanol–water partition coefficient (Wildman–Crippen LogP) is 4.45. The SMILES string of the molecule is CN(C)C(=O)C1(Cc2ccccc2-c2ccccc2)CCN(C(=O)Cc2ccccc2)C1. The lowest BCUT2D eigenvalue weighted by atomic mass is 9.77. The summed E-state index contributed by atoms with van der Waals surface area (Å²) in [6.07, 6.45) is 1.66. The predicted molar refractivity (Wildman–Crippen MR) is 128 cm³/mol. The van der Waals surface area contributed by atoms with Crippen LogP contribution < -0.4 is 0 Å². The van der Waals surface area contributed by atoms with Crippen molar-refractivity contribution in [1.82, 2.24) is 9.80 Å². The fourth-order valence-corrected chi connectivity index (χ4v) is 4.77. The van der Waals surface area contributed by atoms with Crippen LogP contribution in [0.25, 0.3) is 11.1 Å². The lowest BCUT2D eigenvalue weighted by Gasteiger charge is -2.32. The minimum absolute atomic E-state index is 0.0842. The Morgan fingerprint density at radius 1 is 0.875 bits per heavy atom. The molecule has 2 amide bonds. The van der Waals surface area contributed by atoms with Crippen LogP contribution in [0.1, 0.15) is 17.5 Å². The van der Waals surface area contributed by atoms with Crippen molar-refractivity contribution in [3.8, 4) is 11.1 Å². The van der Waals surface area contributed by atoms with E-state index < -0.39 is 5.41 Å². The van der Waals surface area contributed by atoms with E-state index >= 15 is 0 Å². The number of likely N-dealkylation sites (tertiary alicyclic amines) is 1. The van der Waals surface area contributed by atoms with E-state index in [2.05, 4.69) is 24.3 Å². The van der Waals surface area contributed by atoms with E-state index in [-0.39, 0.29) is 11.8 Å². The molecule has 3 aromatic rings. The Labute approximate surface area is 190 Å². The van der Waals surface area contributed by atoms with Crippen LogP contribution >= 0.6 is 0 Å². The number of nitrogens with zero attached hydrogens (tertiary/aromatic N) is 2. The number of hydrogen-bond donors (Lipinski definition) is 0. The minimum Gasteiger partial charge on any atom is -0.348 e. The molecule has 32 heavy (non-hydrogen) atoms. The number of hydrogen-bond acceptors (Lipinski definition) is 2. The molecule has 1 aliphatic rings. The molecular formula is C28H30N2O2. The molecule has 4 heteroatoms. The summed E-state index contributed by atoms with van der Waals surface area (Å²) in [4.78, 5) is 30.0. The molecule has 1 saturated heterocycles. The smallest absolute Gasteiger partial charge is 0.230 e. The average molecular weight is 427 g/mol. The van der Waals surface area contributed by atoms with Gasteiger partial charge in [0.2, 0.25) is 11.8 Å². The number of amides is 2. The Kier molecular flexibility index (Phi) is 6.40. The molecule has 0 radical (unpaired) electrons. The molecule has 0 bridgehead atoms. The van der Waals surface area contributed by atoms with Crippen molar-refractivity contribution in [2.75, 3.05) is 27.2 Å². The van der Waals surface area contributed by atoms with Crippen molar-refractivity contribution < 1.29 is 9.59 Å². The van der Waals surface area contributed by atoms with Crippen molar-refractivity contribution in [3.05, 3.63) is 96.1 Å². The van der Waals surface area contributed by atoms with Crippen LogP contribution in [0.3, 0.4) is 0 Å². The maximum atomic E-state index is 13.4. The van der Waals surface area contributed by atoms with Gasteiger partial charge in [-0.3, -0.25) is 9.59 Å². The monoisotopic (exact) mass is 426 g/mol. The summed E-state index contributed by atoms with van der Waals surface area (Å²) in [7, 11) is 3.61. The molecule has 0 saturated carbocycles. The van der Waals surface area contributed by atoms with Gasteiger partial charge in [-0.2, -0.15) is 0 Å². The van der Waals surface area contributed by atoms with E-state index in [0.717, 1.165) is 22.3 Å². The van der Waals surface area contributed by atoms with Gasteiger partial charge in [0.05, 0.1) is 11.8 Å². The van der Waals surface area contributed by atoms with Gasteiger partial charge >= 0.3 is 0 Å². The quantitative estimate of drug-likeness (QED) is 0.584. The van der Waals surface area contributed by atoms with Gasteiger partial charge in [-0.05, 0) is 35.1 Å². The fraction of sp³-hybridized carbons (Fsp3) is 0.286. The summed E-state index contributed by atoms with van der Waals surface area (Å²) >= 11 is 0. The van der Waals surface area contributed by atoms with E-state index in [9.17, 15) is 9.59 Å². The van der Waals surface area contributed by atoms with Gasteiger partial charge in [0.15, 0.2) is 0 Å². The Morgan fingerprint density at radius 2 is 1.50 bits per heavy atom. The Balaban J connectivity index is 1.61. The number of benzene rings is 3. The molecule has 0 aliphatic carbocycles. The topological polar surface area (TPSA) is 40.6 Å². The zero-order valence-corrected chi connectivity index (χ0v) is 18.8. The molecule has 1 fully saturated rings. The van der Waals surface area contributed by atoms with Crippen molar-refractivity contribution >= 4 is 11.8 Å². The highest BCUT2D eigenvalue weighted by Gasteiger charge is 2.46. The van der Waals surface area contributed by atoms with Crippen molar-refractivity contribution in [1.29, 1.82) is 0 Å². The van der Waals surface area contributed by atoms with Crippen molar-refractivity contribution in [2.24, 2.45) is 5.41 Å². The fourth-order valence-electron chi connectivity index (χ4n) is 4.77. The molecule has 1 aliphatic heterocycles. The van der Waals surface area contributed by atoms with Gasteiger partial charge in [0.25, 0.3) is 0 Å². The van der Waals surface area contributed by atoms with Gasteiger partial charge < -0.3 is 9.80 Å². The van der Waals surface area contributed by atoms with E-state index in [0.29, 0.717) is 32.4 Å². The molecule has 0 N–H and O–H groups in total. The van der Waals surface area contributed by atoms with Crippen LogP contribution in [-0.4, -0.2) is 48.8 Å². The second-order valence-corrected chi connectivity index (χ2v) is 8.91. The van der Waals surface area contributed by atoms with Crippen LogP contribution in [0.15, 0.2) is 84.9 Å². The molecule has 1 heterocycles. The molecule has 1 unspecified atom stereocenters. The molecule has 4 nitrogen and oxygen atoms in total. The third-order valence-electron chi connectivity index (χ3n) is 6.40. The molecule has 3 aromatic carbocycles. The highest BCUT2D eigenvalue weighted by molar-refractivity contribution is 5.86. The lowest BCUT2D eigenvalue weighted by Crippen LogP contribution is -2.45. The summed E-state index contributed by atoms with van der Waals surface area (Å²) in [6, 6.07) is 28.4. The normalized spacial score (nSPS) is 17.9. The van der Waals surface area contributed by atoms with Gasteiger partial charge in [-0.15, -0.1) is 0 Å². The number of carbonyl (C=O) groups is 2. The largest absolute Gasteiger partial charge is 0.348 e. The first-order valence-corrected chi connectivity index (χ1v) is 11.2.